The molecule has 5 heteroatoms. The number of aromatic nitrogens is 1. The first-order valence-electron chi connectivity index (χ1n) is 10.4. The van der Waals surface area contributed by atoms with Crippen LogP contribution in [0.1, 0.15) is 30.4 Å². The van der Waals surface area contributed by atoms with Gasteiger partial charge in [0.1, 0.15) is 11.6 Å². The van der Waals surface area contributed by atoms with E-state index in [1.807, 2.05) is 42.5 Å². The highest BCUT2D eigenvalue weighted by Gasteiger charge is 2.14. The molecule has 154 valence electrons. The van der Waals surface area contributed by atoms with Crippen molar-refractivity contribution in [2.75, 3.05) is 30.4 Å². The highest BCUT2D eigenvalue weighted by Crippen LogP contribution is 2.27. The molecule has 0 unspecified atom stereocenters. The Hall–Kier alpha value is -3.34. The Kier molecular flexibility index (Phi) is 5.98. The second-order valence-electron chi connectivity index (χ2n) is 7.67. The summed E-state index contributed by atoms with van der Waals surface area (Å²) in [5.41, 5.74) is 3.84. The minimum Gasteiger partial charge on any atom is -0.497 e. The van der Waals surface area contributed by atoms with Crippen LogP contribution in [0.5, 0.6) is 5.75 Å². The maximum Gasteiger partial charge on any atom is 0.248 e. The number of amides is 1. The number of carbonyl (C=O) groups excluding carboxylic acids is 1. The van der Waals surface area contributed by atoms with Crippen molar-refractivity contribution in [3.8, 4) is 5.75 Å². The molecule has 1 amide bonds. The number of piperidine rings is 1. The molecule has 0 bridgehead atoms. The Bertz CT molecular complexity index is 1070. The second-order valence-corrected chi connectivity index (χ2v) is 7.67. The number of nitrogens with one attached hydrogen (secondary N) is 1. The molecule has 1 fully saturated rings. The van der Waals surface area contributed by atoms with Crippen molar-refractivity contribution in [2.24, 2.45) is 0 Å². The predicted octanol–water partition coefficient (Wildman–Crippen LogP) is 5.19. The average Bonchev–Trinajstić information content (AvgIpc) is 2.79. The fourth-order valence-corrected chi connectivity index (χ4v) is 3.81. The summed E-state index contributed by atoms with van der Waals surface area (Å²) in [6, 6.07) is 15.6. The lowest BCUT2D eigenvalue weighted by Gasteiger charge is -2.28. The number of benzene rings is 2. The van der Waals surface area contributed by atoms with E-state index in [0.29, 0.717) is 0 Å². The van der Waals surface area contributed by atoms with Crippen LogP contribution in [0.3, 0.4) is 0 Å². The molecule has 0 saturated carbocycles. The van der Waals surface area contributed by atoms with Gasteiger partial charge in [-0.05, 0) is 79.8 Å². The Balaban J connectivity index is 1.48. The first-order valence-corrected chi connectivity index (χ1v) is 10.4. The Morgan fingerprint density at radius 1 is 1.07 bits per heavy atom. The number of carbonyl (C=O) groups is 1. The predicted molar refractivity (Wildman–Crippen MR) is 123 cm³/mol. The van der Waals surface area contributed by atoms with Gasteiger partial charge in [0.05, 0.1) is 12.6 Å². The molecule has 1 saturated heterocycles. The van der Waals surface area contributed by atoms with E-state index < -0.39 is 0 Å². The Morgan fingerprint density at radius 3 is 2.57 bits per heavy atom. The molecule has 2 aromatic carbocycles. The summed E-state index contributed by atoms with van der Waals surface area (Å²) in [6.45, 7) is 4.26. The number of methoxy groups -OCH3 is 1. The van der Waals surface area contributed by atoms with Crippen molar-refractivity contribution >= 4 is 34.4 Å². The molecular weight excluding hydrogens is 374 g/mol. The van der Waals surface area contributed by atoms with Crippen LogP contribution in [-0.4, -0.2) is 31.1 Å². The molecule has 1 aliphatic heterocycles. The number of nitrogens with zero attached hydrogens (tertiary/aromatic N) is 2. The van der Waals surface area contributed by atoms with Gasteiger partial charge >= 0.3 is 0 Å². The van der Waals surface area contributed by atoms with Gasteiger partial charge < -0.3 is 15.0 Å². The van der Waals surface area contributed by atoms with Gasteiger partial charge in [-0.2, -0.15) is 0 Å². The quantitative estimate of drug-likeness (QED) is 0.598. The van der Waals surface area contributed by atoms with Gasteiger partial charge in [-0.1, -0.05) is 12.1 Å². The number of hydrogen-bond acceptors (Lipinski definition) is 4. The minimum absolute atomic E-state index is 0.166. The first-order chi connectivity index (χ1) is 14.6. The molecule has 1 aromatic heterocycles. The third-order valence-electron chi connectivity index (χ3n) is 5.49. The van der Waals surface area contributed by atoms with Crippen LogP contribution >= 0.6 is 0 Å². The van der Waals surface area contributed by atoms with E-state index in [1.165, 1.54) is 30.9 Å². The van der Waals surface area contributed by atoms with Crippen molar-refractivity contribution < 1.29 is 9.53 Å². The second kappa shape index (κ2) is 8.99. The van der Waals surface area contributed by atoms with E-state index in [0.717, 1.165) is 46.8 Å². The number of rotatable bonds is 5. The smallest absolute Gasteiger partial charge is 0.248 e. The lowest BCUT2D eigenvalue weighted by atomic mass is 10.1. The summed E-state index contributed by atoms with van der Waals surface area (Å²) in [5.74, 6) is 1.68. The highest BCUT2D eigenvalue weighted by atomic mass is 16.5. The van der Waals surface area contributed by atoms with Crippen LogP contribution in [0.4, 0.5) is 11.5 Å². The molecule has 0 spiro atoms. The molecule has 3 aromatic rings. The van der Waals surface area contributed by atoms with Gasteiger partial charge in [-0.3, -0.25) is 4.79 Å². The maximum absolute atomic E-state index is 12.3. The van der Waals surface area contributed by atoms with Crippen LogP contribution in [0.15, 0.2) is 54.6 Å². The number of anilines is 2. The highest BCUT2D eigenvalue weighted by molar-refractivity contribution is 6.03. The van der Waals surface area contributed by atoms with E-state index >= 15 is 0 Å². The van der Waals surface area contributed by atoms with Crippen LogP contribution in [0, 0.1) is 6.92 Å². The SMILES string of the molecule is COc1ccc(/C=C/C(=O)Nc2ccc3nc(N4CCCCC4)cc(C)c3c2)cc1. The van der Waals surface area contributed by atoms with Crippen LogP contribution in [-0.2, 0) is 4.79 Å². The van der Waals surface area contributed by atoms with Crippen molar-refractivity contribution in [1.82, 2.24) is 4.98 Å². The normalized spacial score (nSPS) is 14.3. The summed E-state index contributed by atoms with van der Waals surface area (Å²) in [6.07, 6.45) is 7.09. The summed E-state index contributed by atoms with van der Waals surface area (Å²) in [5, 5.41) is 4.01. The Labute approximate surface area is 177 Å². The van der Waals surface area contributed by atoms with E-state index in [2.05, 4.69) is 23.2 Å². The lowest BCUT2D eigenvalue weighted by molar-refractivity contribution is -0.111. The van der Waals surface area contributed by atoms with Gasteiger partial charge in [-0.25, -0.2) is 4.98 Å². The first kappa shape index (κ1) is 20.0. The average molecular weight is 402 g/mol. The fraction of sp³-hybridized carbons (Fsp3) is 0.280. The Morgan fingerprint density at radius 2 is 1.83 bits per heavy atom. The topological polar surface area (TPSA) is 54.5 Å². The number of aryl methyl sites for hydroxylation is 1. The van der Waals surface area contributed by atoms with E-state index in [-0.39, 0.29) is 5.91 Å². The molecule has 0 atom stereocenters. The van der Waals surface area contributed by atoms with Crippen molar-refractivity contribution in [2.45, 2.75) is 26.2 Å². The van der Waals surface area contributed by atoms with E-state index in [9.17, 15) is 4.79 Å². The van der Waals surface area contributed by atoms with E-state index in [1.54, 1.807) is 13.2 Å². The van der Waals surface area contributed by atoms with Gasteiger partial charge in [-0.15, -0.1) is 0 Å². The van der Waals surface area contributed by atoms with Gasteiger partial charge in [0.2, 0.25) is 5.91 Å². The zero-order valence-corrected chi connectivity index (χ0v) is 17.5. The molecule has 0 radical (unpaired) electrons. The van der Waals surface area contributed by atoms with Crippen LogP contribution in [0.25, 0.3) is 17.0 Å². The standard InChI is InChI=1S/C25H27N3O2/c1-18-16-24(28-14-4-3-5-15-28)27-23-12-9-20(17-22(18)23)26-25(29)13-8-19-6-10-21(30-2)11-7-19/h6-13,16-17H,3-5,14-15H2,1-2H3,(H,26,29)/b13-8+. The monoisotopic (exact) mass is 401 g/mol. The third kappa shape index (κ3) is 4.62. The number of hydrogen-bond donors (Lipinski definition) is 1. The summed E-state index contributed by atoms with van der Waals surface area (Å²) in [4.78, 5) is 19.6. The maximum atomic E-state index is 12.3. The van der Waals surface area contributed by atoms with E-state index in [4.69, 9.17) is 9.72 Å². The fourth-order valence-electron chi connectivity index (χ4n) is 3.81. The minimum atomic E-state index is -0.166. The third-order valence-corrected chi connectivity index (χ3v) is 5.49. The van der Waals surface area contributed by atoms with Crippen molar-refractivity contribution in [3.63, 3.8) is 0 Å². The molecule has 2 heterocycles. The van der Waals surface area contributed by atoms with Crippen molar-refractivity contribution in [1.29, 1.82) is 0 Å². The van der Waals surface area contributed by atoms with Gasteiger partial charge in [0.25, 0.3) is 0 Å². The van der Waals surface area contributed by atoms with Crippen LogP contribution < -0.4 is 15.0 Å². The summed E-state index contributed by atoms with van der Waals surface area (Å²) < 4.78 is 5.15. The summed E-state index contributed by atoms with van der Waals surface area (Å²) >= 11 is 0. The zero-order chi connectivity index (χ0) is 20.9. The molecule has 30 heavy (non-hydrogen) atoms. The van der Waals surface area contributed by atoms with Gasteiger partial charge in [0, 0.05) is 30.2 Å². The molecule has 0 aliphatic carbocycles. The number of ether oxygens (including phenoxy) is 1. The molecular formula is C25H27N3O2. The van der Waals surface area contributed by atoms with Crippen LogP contribution in [0.2, 0.25) is 0 Å². The van der Waals surface area contributed by atoms with Gasteiger partial charge in [0.15, 0.2) is 0 Å². The number of pyridine rings is 1. The lowest BCUT2D eigenvalue weighted by Crippen LogP contribution is -2.30. The molecule has 5 nitrogen and oxygen atoms in total. The number of fused-ring (bicyclic) bond motifs is 1. The zero-order valence-electron chi connectivity index (χ0n) is 17.5. The molecule has 1 aliphatic rings. The van der Waals surface area contributed by atoms with Crippen molar-refractivity contribution in [3.05, 3.63) is 65.7 Å². The largest absolute Gasteiger partial charge is 0.497 e. The molecule has 4 rings (SSSR count). The molecule has 1 N–H and O–H groups in total. The summed E-state index contributed by atoms with van der Waals surface area (Å²) in [7, 11) is 1.63.